The van der Waals surface area contributed by atoms with E-state index in [0.717, 1.165) is 55.7 Å². The van der Waals surface area contributed by atoms with Crippen molar-refractivity contribution < 1.29 is 4.79 Å². The van der Waals surface area contributed by atoms with Crippen molar-refractivity contribution in [1.82, 2.24) is 10.6 Å². The second-order valence-corrected chi connectivity index (χ2v) is 7.20. The molecule has 2 unspecified atom stereocenters. The number of amides is 1. The van der Waals surface area contributed by atoms with Gasteiger partial charge in [-0.25, -0.2) is 0 Å². The number of carbonyl (C=O) groups excluding carboxylic acids is 1. The van der Waals surface area contributed by atoms with Gasteiger partial charge < -0.3 is 10.6 Å². The first kappa shape index (κ1) is 15.8. The van der Waals surface area contributed by atoms with Crippen molar-refractivity contribution in [3.8, 4) is 0 Å². The van der Waals surface area contributed by atoms with Crippen LogP contribution in [0.1, 0.15) is 51.0 Å². The zero-order valence-corrected chi connectivity index (χ0v) is 14.0. The molecule has 2 N–H and O–H groups in total. The van der Waals surface area contributed by atoms with Crippen molar-refractivity contribution in [3.05, 3.63) is 34.9 Å². The summed E-state index contributed by atoms with van der Waals surface area (Å²) in [5.74, 6) is 0.202. The zero-order chi connectivity index (χ0) is 15.6. The molecule has 4 heteroatoms. The quantitative estimate of drug-likeness (QED) is 0.896. The van der Waals surface area contributed by atoms with Gasteiger partial charge in [-0.15, -0.1) is 0 Å². The van der Waals surface area contributed by atoms with Crippen LogP contribution in [-0.2, 0) is 10.2 Å². The molecular weight excluding hydrogens is 296 g/mol. The third-order valence-corrected chi connectivity index (χ3v) is 5.62. The Hall–Kier alpha value is -1.06. The van der Waals surface area contributed by atoms with Gasteiger partial charge >= 0.3 is 0 Å². The molecular formula is C18H25ClN2O. The highest BCUT2D eigenvalue weighted by Crippen LogP contribution is 2.41. The minimum atomic E-state index is -0.359. The summed E-state index contributed by atoms with van der Waals surface area (Å²) in [6.45, 7) is 3.21. The lowest BCUT2D eigenvalue weighted by Gasteiger charge is -2.35. The molecule has 0 aromatic heterocycles. The van der Waals surface area contributed by atoms with Gasteiger partial charge in [0, 0.05) is 17.1 Å². The Morgan fingerprint density at radius 2 is 1.91 bits per heavy atom. The van der Waals surface area contributed by atoms with E-state index in [0.29, 0.717) is 6.04 Å². The molecule has 1 amide bonds. The number of halogens is 1. The normalized spacial score (nSPS) is 27.5. The first-order valence-electron chi connectivity index (χ1n) is 8.42. The lowest BCUT2D eigenvalue weighted by Crippen LogP contribution is -2.55. The molecule has 0 bridgehead atoms. The number of hydrogen-bond acceptors (Lipinski definition) is 2. The van der Waals surface area contributed by atoms with Crippen LogP contribution in [0.2, 0.25) is 5.02 Å². The van der Waals surface area contributed by atoms with Crippen LogP contribution in [0.4, 0.5) is 0 Å². The standard InChI is InChI=1S/C18H25ClN2O/c1-13-16(5-4-12-20-13)21-17(22)18(10-2-3-11-18)14-6-8-15(19)9-7-14/h6-9,13,16,20H,2-5,10-12H2,1H3,(H,21,22). The monoisotopic (exact) mass is 320 g/mol. The molecule has 3 nitrogen and oxygen atoms in total. The average molecular weight is 321 g/mol. The SMILES string of the molecule is CC1NCCCC1NC(=O)C1(c2ccc(Cl)cc2)CCCC1. The minimum absolute atomic E-state index is 0.202. The number of nitrogens with one attached hydrogen (secondary N) is 2. The van der Waals surface area contributed by atoms with E-state index in [1.165, 1.54) is 0 Å². The summed E-state index contributed by atoms with van der Waals surface area (Å²) in [5, 5.41) is 7.51. The van der Waals surface area contributed by atoms with Crippen LogP contribution < -0.4 is 10.6 Å². The van der Waals surface area contributed by atoms with Gasteiger partial charge in [-0.05, 0) is 56.8 Å². The summed E-state index contributed by atoms with van der Waals surface area (Å²) >= 11 is 6.01. The van der Waals surface area contributed by atoms with Gasteiger partial charge in [-0.2, -0.15) is 0 Å². The maximum Gasteiger partial charge on any atom is 0.230 e. The van der Waals surface area contributed by atoms with Gasteiger partial charge in [0.05, 0.1) is 5.41 Å². The molecule has 1 saturated carbocycles. The largest absolute Gasteiger partial charge is 0.351 e. The van der Waals surface area contributed by atoms with Crippen molar-refractivity contribution in [2.75, 3.05) is 6.54 Å². The van der Waals surface area contributed by atoms with Crippen molar-refractivity contribution in [3.63, 3.8) is 0 Å². The molecule has 1 aliphatic carbocycles. The minimum Gasteiger partial charge on any atom is -0.351 e. The van der Waals surface area contributed by atoms with Crippen molar-refractivity contribution >= 4 is 17.5 Å². The maximum atomic E-state index is 13.1. The Morgan fingerprint density at radius 1 is 1.23 bits per heavy atom. The molecule has 1 aliphatic heterocycles. The lowest BCUT2D eigenvalue weighted by molar-refractivity contribution is -0.127. The number of benzene rings is 1. The molecule has 1 aromatic carbocycles. The van der Waals surface area contributed by atoms with Gasteiger partial charge in [0.2, 0.25) is 5.91 Å². The van der Waals surface area contributed by atoms with Crippen molar-refractivity contribution in [2.45, 2.75) is 62.9 Å². The predicted octanol–water partition coefficient (Wildman–Crippen LogP) is 3.41. The van der Waals surface area contributed by atoms with E-state index >= 15 is 0 Å². The first-order chi connectivity index (χ1) is 10.6. The highest BCUT2D eigenvalue weighted by atomic mass is 35.5. The number of piperidine rings is 1. The van der Waals surface area contributed by atoms with Gasteiger partial charge in [0.15, 0.2) is 0 Å². The molecule has 0 spiro atoms. The predicted molar refractivity (Wildman–Crippen MR) is 90.2 cm³/mol. The van der Waals surface area contributed by atoms with Crippen molar-refractivity contribution in [2.24, 2.45) is 0 Å². The fourth-order valence-corrected chi connectivity index (χ4v) is 4.07. The van der Waals surface area contributed by atoms with E-state index in [1.54, 1.807) is 0 Å². The molecule has 2 fully saturated rings. The molecule has 2 aliphatic rings. The lowest BCUT2D eigenvalue weighted by atomic mass is 9.77. The molecule has 2 atom stereocenters. The summed E-state index contributed by atoms with van der Waals surface area (Å²) in [4.78, 5) is 13.1. The van der Waals surface area contributed by atoms with E-state index < -0.39 is 0 Å². The van der Waals surface area contributed by atoms with Crippen LogP contribution in [-0.4, -0.2) is 24.5 Å². The van der Waals surface area contributed by atoms with E-state index in [-0.39, 0.29) is 17.4 Å². The van der Waals surface area contributed by atoms with Gasteiger partial charge in [-0.1, -0.05) is 36.6 Å². The highest BCUT2D eigenvalue weighted by molar-refractivity contribution is 6.30. The molecule has 22 heavy (non-hydrogen) atoms. The van der Waals surface area contributed by atoms with E-state index in [4.69, 9.17) is 11.6 Å². The molecule has 1 heterocycles. The molecule has 1 saturated heterocycles. The number of carbonyl (C=O) groups is 1. The summed E-state index contributed by atoms with van der Waals surface area (Å²) in [7, 11) is 0. The first-order valence-corrected chi connectivity index (χ1v) is 8.80. The van der Waals surface area contributed by atoms with Crippen LogP contribution in [0.3, 0.4) is 0 Å². The Kier molecular flexibility index (Phi) is 4.74. The number of rotatable bonds is 3. The summed E-state index contributed by atoms with van der Waals surface area (Å²) < 4.78 is 0. The smallest absolute Gasteiger partial charge is 0.230 e. The molecule has 120 valence electrons. The zero-order valence-electron chi connectivity index (χ0n) is 13.2. The van der Waals surface area contributed by atoms with Gasteiger partial charge in [0.25, 0.3) is 0 Å². The fraction of sp³-hybridized carbons (Fsp3) is 0.611. The Bertz CT molecular complexity index is 522. The molecule has 3 rings (SSSR count). The van der Waals surface area contributed by atoms with Crippen LogP contribution in [0.15, 0.2) is 24.3 Å². The summed E-state index contributed by atoms with van der Waals surface area (Å²) in [5.41, 5.74) is 0.755. The molecule has 1 aromatic rings. The van der Waals surface area contributed by atoms with Crippen molar-refractivity contribution in [1.29, 1.82) is 0 Å². The van der Waals surface area contributed by atoms with E-state index in [2.05, 4.69) is 17.6 Å². The molecule has 0 radical (unpaired) electrons. The van der Waals surface area contributed by atoms with Crippen LogP contribution in [0.5, 0.6) is 0 Å². The third kappa shape index (κ3) is 3.02. The van der Waals surface area contributed by atoms with Gasteiger partial charge in [-0.3, -0.25) is 4.79 Å². The van der Waals surface area contributed by atoms with E-state index in [9.17, 15) is 4.79 Å². The topological polar surface area (TPSA) is 41.1 Å². The van der Waals surface area contributed by atoms with E-state index in [1.807, 2.05) is 24.3 Å². The Balaban J connectivity index is 1.81. The summed E-state index contributed by atoms with van der Waals surface area (Å²) in [6.07, 6.45) is 6.31. The highest BCUT2D eigenvalue weighted by Gasteiger charge is 2.43. The second-order valence-electron chi connectivity index (χ2n) is 6.76. The van der Waals surface area contributed by atoms with Crippen LogP contribution in [0.25, 0.3) is 0 Å². The fourth-order valence-electron chi connectivity index (χ4n) is 3.94. The maximum absolute atomic E-state index is 13.1. The third-order valence-electron chi connectivity index (χ3n) is 5.37. The average Bonchev–Trinajstić information content (AvgIpc) is 3.01. The second kappa shape index (κ2) is 6.59. The van der Waals surface area contributed by atoms with Crippen LogP contribution in [0, 0.1) is 0 Å². The summed E-state index contributed by atoms with van der Waals surface area (Å²) in [6, 6.07) is 8.43. The Morgan fingerprint density at radius 3 is 2.55 bits per heavy atom. The Labute approximate surface area is 137 Å². The van der Waals surface area contributed by atoms with Gasteiger partial charge in [0.1, 0.15) is 0 Å². The number of hydrogen-bond donors (Lipinski definition) is 2. The van der Waals surface area contributed by atoms with Crippen LogP contribution >= 0.6 is 11.6 Å².